The Labute approximate surface area is 126 Å². The molecule has 1 aliphatic heterocycles. The molecule has 0 aliphatic carbocycles. The highest BCUT2D eigenvalue weighted by Crippen LogP contribution is 2.19. The Balaban J connectivity index is 2.14. The number of nitrogens with zero attached hydrogens (tertiary/aromatic N) is 2. The molecule has 1 fully saturated rings. The maximum atomic E-state index is 12.8. The number of carbonyl (C=O) groups is 1. The SMILES string of the molecule is COc1ncccc1C(=O)N(CC1CCCCN1)C(C)C. The highest BCUT2D eigenvalue weighted by molar-refractivity contribution is 5.96. The summed E-state index contributed by atoms with van der Waals surface area (Å²) < 4.78 is 5.21. The highest BCUT2D eigenvalue weighted by Gasteiger charge is 2.25. The van der Waals surface area contributed by atoms with Crippen LogP contribution >= 0.6 is 0 Å². The van der Waals surface area contributed by atoms with E-state index in [-0.39, 0.29) is 11.9 Å². The summed E-state index contributed by atoms with van der Waals surface area (Å²) in [5, 5.41) is 3.50. The van der Waals surface area contributed by atoms with Crippen molar-refractivity contribution in [2.45, 2.75) is 45.2 Å². The van der Waals surface area contributed by atoms with Gasteiger partial charge in [0.2, 0.25) is 5.88 Å². The average molecular weight is 291 g/mol. The average Bonchev–Trinajstić information content (AvgIpc) is 2.52. The van der Waals surface area contributed by atoms with Gasteiger partial charge in [-0.15, -0.1) is 0 Å². The third-order valence-corrected chi connectivity index (χ3v) is 3.91. The van der Waals surface area contributed by atoms with Crippen molar-refractivity contribution in [3.8, 4) is 5.88 Å². The molecule has 1 saturated heterocycles. The molecule has 0 aromatic carbocycles. The molecular formula is C16H25N3O2. The lowest BCUT2D eigenvalue weighted by Crippen LogP contribution is -2.48. The fourth-order valence-corrected chi connectivity index (χ4v) is 2.72. The van der Waals surface area contributed by atoms with E-state index in [1.54, 1.807) is 25.4 Å². The Hall–Kier alpha value is -1.62. The molecule has 1 atom stereocenters. The largest absolute Gasteiger partial charge is 0.480 e. The lowest BCUT2D eigenvalue weighted by molar-refractivity contribution is 0.0672. The van der Waals surface area contributed by atoms with Gasteiger partial charge in [0.25, 0.3) is 5.91 Å². The van der Waals surface area contributed by atoms with E-state index < -0.39 is 0 Å². The molecule has 1 amide bonds. The van der Waals surface area contributed by atoms with Crippen molar-refractivity contribution in [2.24, 2.45) is 0 Å². The molecule has 1 aliphatic rings. The number of nitrogens with one attached hydrogen (secondary N) is 1. The first kappa shape index (κ1) is 15.8. The van der Waals surface area contributed by atoms with Crippen LogP contribution in [-0.4, -0.2) is 48.1 Å². The number of aromatic nitrogens is 1. The summed E-state index contributed by atoms with van der Waals surface area (Å²) in [7, 11) is 1.54. The van der Waals surface area contributed by atoms with Crippen molar-refractivity contribution in [1.82, 2.24) is 15.2 Å². The number of methoxy groups -OCH3 is 1. The molecule has 1 N–H and O–H groups in total. The molecular weight excluding hydrogens is 266 g/mol. The van der Waals surface area contributed by atoms with Gasteiger partial charge < -0.3 is 15.0 Å². The van der Waals surface area contributed by atoms with Crippen LogP contribution in [0.3, 0.4) is 0 Å². The fourth-order valence-electron chi connectivity index (χ4n) is 2.72. The number of rotatable bonds is 5. The van der Waals surface area contributed by atoms with Crippen LogP contribution in [0.5, 0.6) is 5.88 Å². The van der Waals surface area contributed by atoms with Crippen molar-refractivity contribution in [1.29, 1.82) is 0 Å². The highest BCUT2D eigenvalue weighted by atomic mass is 16.5. The number of ether oxygens (including phenoxy) is 1. The van der Waals surface area contributed by atoms with Crippen molar-refractivity contribution in [3.63, 3.8) is 0 Å². The van der Waals surface area contributed by atoms with Gasteiger partial charge in [0.05, 0.1) is 7.11 Å². The minimum absolute atomic E-state index is 0.0117. The number of pyridine rings is 1. The molecule has 1 aromatic rings. The third-order valence-electron chi connectivity index (χ3n) is 3.91. The smallest absolute Gasteiger partial charge is 0.259 e. The van der Waals surface area contributed by atoms with Crippen LogP contribution in [0.25, 0.3) is 0 Å². The lowest BCUT2D eigenvalue weighted by Gasteiger charge is -2.33. The molecule has 1 aromatic heterocycles. The molecule has 5 nitrogen and oxygen atoms in total. The van der Waals surface area contributed by atoms with Crippen LogP contribution in [0.15, 0.2) is 18.3 Å². The summed E-state index contributed by atoms with van der Waals surface area (Å²) >= 11 is 0. The van der Waals surface area contributed by atoms with E-state index in [1.165, 1.54) is 12.8 Å². The second-order valence-electron chi connectivity index (χ2n) is 5.76. The van der Waals surface area contributed by atoms with Crippen LogP contribution in [0.4, 0.5) is 0 Å². The predicted octanol–water partition coefficient (Wildman–Crippen LogP) is 2.08. The van der Waals surface area contributed by atoms with Gasteiger partial charge in [-0.1, -0.05) is 6.42 Å². The van der Waals surface area contributed by atoms with Crippen molar-refractivity contribution < 1.29 is 9.53 Å². The number of carbonyl (C=O) groups excluding carboxylic acids is 1. The van der Waals surface area contributed by atoms with E-state index >= 15 is 0 Å². The van der Waals surface area contributed by atoms with E-state index in [2.05, 4.69) is 10.3 Å². The summed E-state index contributed by atoms with van der Waals surface area (Å²) in [5.41, 5.74) is 0.532. The van der Waals surface area contributed by atoms with Gasteiger partial charge in [-0.05, 0) is 45.4 Å². The minimum atomic E-state index is -0.0117. The Morgan fingerprint density at radius 2 is 2.33 bits per heavy atom. The maximum absolute atomic E-state index is 12.8. The Morgan fingerprint density at radius 1 is 1.52 bits per heavy atom. The Morgan fingerprint density at radius 3 is 2.95 bits per heavy atom. The first-order valence-corrected chi connectivity index (χ1v) is 7.67. The van der Waals surface area contributed by atoms with Crippen LogP contribution in [0.1, 0.15) is 43.5 Å². The second kappa shape index (κ2) is 7.41. The van der Waals surface area contributed by atoms with Crippen LogP contribution in [0.2, 0.25) is 0 Å². The number of hydrogen-bond donors (Lipinski definition) is 1. The molecule has 0 spiro atoms. The first-order valence-electron chi connectivity index (χ1n) is 7.67. The standard InChI is InChI=1S/C16H25N3O2/c1-12(2)19(11-13-7-4-5-9-17-13)16(20)14-8-6-10-18-15(14)21-3/h6,8,10,12-13,17H,4-5,7,9,11H2,1-3H3. The zero-order valence-corrected chi connectivity index (χ0v) is 13.1. The van der Waals surface area contributed by atoms with E-state index in [0.29, 0.717) is 17.5 Å². The zero-order valence-electron chi connectivity index (χ0n) is 13.1. The van der Waals surface area contributed by atoms with Crippen molar-refractivity contribution in [3.05, 3.63) is 23.9 Å². The van der Waals surface area contributed by atoms with Crippen molar-refractivity contribution in [2.75, 3.05) is 20.2 Å². The third kappa shape index (κ3) is 3.94. The molecule has 1 unspecified atom stereocenters. The number of piperidine rings is 1. The lowest BCUT2D eigenvalue weighted by atomic mass is 10.0. The van der Waals surface area contributed by atoms with E-state index in [9.17, 15) is 4.79 Å². The van der Waals surface area contributed by atoms with Crippen molar-refractivity contribution >= 4 is 5.91 Å². The minimum Gasteiger partial charge on any atom is -0.480 e. The van der Waals surface area contributed by atoms with Crippen LogP contribution < -0.4 is 10.1 Å². The van der Waals surface area contributed by atoms with Gasteiger partial charge in [0, 0.05) is 24.8 Å². The topological polar surface area (TPSA) is 54.5 Å². The Bertz CT molecular complexity index is 470. The summed E-state index contributed by atoms with van der Waals surface area (Å²) in [6.07, 6.45) is 5.22. The normalized spacial score (nSPS) is 18.6. The molecule has 0 radical (unpaired) electrons. The summed E-state index contributed by atoms with van der Waals surface area (Å²) in [6.45, 7) is 5.86. The molecule has 0 bridgehead atoms. The number of hydrogen-bond acceptors (Lipinski definition) is 4. The summed E-state index contributed by atoms with van der Waals surface area (Å²) in [6, 6.07) is 4.07. The van der Waals surface area contributed by atoms with E-state index in [4.69, 9.17) is 4.74 Å². The quantitative estimate of drug-likeness (QED) is 0.902. The van der Waals surface area contributed by atoms with Gasteiger partial charge >= 0.3 is 0 Å². The van der Waals surface area contributed by atoms with Gasteiger partial charge in [0.1, 0.15) is 5.56 Å². The van der Waals surface area contributed by atoms with Gasteiger partial charge in [-0.25, -0.2) is 4.98 Å². The van der Waals surface area contributed by atoms with Gasteiger partial charge in [-0.3, -0.25) is 4.79 Å². The number of amides is 1. The molecule has 116 valence electrons. The second-order valence-corrected chi connectivity index (χ2v) is 5.76. The van der Waals surface area contributed by atoms with E-state index in [1.807, 2.05) is 18.7 Å². The molecule has 5 heteroatoms. The van der Waals surface area contributed by atoms with Gasteiger partial charge in [-0.2, -0.15) is 0 Å². The summed E-state index contributed by atoms with van der Waals surface area (Å²) in [4.78, 5) is 18.8. The molecule has 2 rings (SSSR count). The van der Waals surface area contributed by atoms with Gasteiger partial charge in [0.15, 0.2) is 0 Å². The monoisotopic (exact) mass is 291 g/mol. The van der Waals surface area contributed by atoms with Crippen LogP contribution in [0, 0.1) is 0 Å². The molecule has 2 heterocycles. The first-order chi connectivity index (χ1) is 10.1. The summed E-state index contributed by atoms with van der Waals surface area (Å²) in [5.74, 6) is 0.382. The maximum Gasteiger partial charge on any atom is 0.259 e. The molecule has 21 heavy (non-hydrogen) atoms. The van der Waals surface area contributed by atoms with Crippen LogP contribution in [-0.2, 0) is 0 Å². The fraction of sp³-hybridized carbons (Fsp3) is 0.625. The van der Waals surface area contributed by atoms with E-state index in [0.717, 1.165) is 19.5 Å². The molecule has 0 saturated carbocycles. The Kier molecular flexibility index (Phi) is 5.56. The predicted molar refractivity (Wildman–Crippen MR) is 82.6 cm³/mol. The zero-order chi connectivity index (χ0) is 15.2.